The Morgan fingerprint density at radius 3 is 1.86 bits per heavy atom. The molecule has 250 valence electrons. The van der Waals surface area contributed by atoms with E-state index in [0.717, 1.165) is 17.6 Å². The van der Waals surface area contributed by atoms with Crippen molar-refractivity contribution in [3.8, 4) is 11.8 Å². The van der Waals surface area contributed by atoms with Gasteiger partial charge in [-0.15, -0.1) is 0 Å². The van der Waals surface area contributed by atoms with E-state index in [0.29, 0.717) is 5.56 Å². The van der Waals surface area contributed by atoms with E-state index in [9.17, 15) is 0 Å². The number of nitriles is 1. The molecule has 0 atom stereocenters. The van der Waals surface area contributed by atoms with Crippen molar-refractivity contribution in [1.82, 2.24) is 4.57 Å². The fraction of sp³-hybridized carbons (Fsp3) is 0.0652. The minimum atomic E-state index is 0.715. The number of hydrazine groups is 1. The van der Waals surface area contributed by atoms with E-state index in [4.69, 9.17) is 9.68 Å². The second-order valence-corrected chi connectivity index (χ2v) is 12.2. The SMILES string of the molecule is Cc1ccc2c(c1)c1ccccc1n2-c1ccccc1.Cc1cccc2c1oc1ccccc12.N#Cc1ccc(Cc2ccccc2)cc1.NN. The molecule has 0 aliphatic carbocycles. The first kappa shape index (κ1) is 34.4. The summed E-state index contributed by atoms with van der Waals surface area (Å²) in [5, 5.41) is 13.7. The Morgan fingerprint density at radius 1 is 0.549 bits per heavy atom. The summed E-state index contributed by atoms with van der Waals surface area (Å²) in [6.45, 7) is 4.22. The van der Waals surface area contributed by atoms with E-state index in [1.807, 2.05) is 60.7 Å². The molecule has 2 heterocycles. The fourth-order valence-electron chi connectivity index (χ4n) is 6.36. The van der Waals surface area contributed by atoms with Crippen LogP contribution in [-0.2, 0) is 6.42 Å². The first-order valence-corrected chi connectivity index (χ1v) is 16.9. The molecule has 0 spiro atoms. The Balaban J connectivity index is 0.000000131. The van der Waals surface area contributed by atoms with Gasteiger partial charge in [-0.05, 0) is 85.5 Å². The highest BCUT2D eigenvalue weighted by molar-refractivity contribution is 6.09. The van der Waals surface area contributed by atoms with Crippen molar-refractivity contribution in [2.75, 3.05) is 0 Å². The smallest absolute Gasteiger partial charge is 0.138 e. The summed E-state index contributed by atoms with van der Waals surface area (Å²) >= 11 is 0. The number of nitrogens with two attached hydrogens (primary N) is 2. The van der Waals surface area contributed by atoms with Crippen LogP contribution in [0.5, 0.6) is 0 Å². The van der Waals surface area contributed by atoms with Crippen molar-refractivity contribution in [2.45, 2.75) is 20.3 Å². The monoisotopic (exact) mass is 664 g/mol. The number of furan rings is 1. The summed E-state index contributed by atoms with van der Waals surface area (Å²) in [4.78, 5) is 0. The van der Waals surface area contributed by atoms with Crippen molar-refractivity contribution in [3.05, 3.63) is 198 Å². The number of aryl methyl sites for hydroxylation is 2. The highest BCUT2D eigenvalue weighted by atomic mass is 16.3. The predicted octanol–water partition coefficient (Wildman–Crippen LogP) is 11.0. The van der Waals surface area contributed by atoms with Crippen LogP contribution >= 0.6 is 0 Å². The van der Waals surface area contributed by atoms with E-state index in [-0.39, 0.29) is 0 Å². The maximum absolute atomic E-state index is 8.67. The van der Waals surface area contributed by atoms with Crippen LogP contribution in [0.25, 0.3) is 49.4 Å². The van der Waals surface area contributed by atoms with Crippen LogP contribution in [0.4, 0.5) is 0 Å². The van der Waals surface area contributed by atoms with Crippen LogP contribution in [0.2, 0.25) is 0 Å². The summed E-state index contributed by atoms with van der Waals surface area (Å²) in [5.74, 6) is 8.00. The van der Waals surface area contributed by atoms with Gasteiger partial charge in [0, 0.05) is 27.2 Å². The minimum Gasteiger partial charge on any atom is -0.456 e. The van der Waals surface area contributed by atoms with Crippen molar-refractivity contribution in [2.24, 2.45) is 11.7 Å². The third-order valence-electron chi connectivity index (χ3n) is 8.78. The molecule has 5 heteroatoms. The molecule has 9 aromatic rings. The Kier molecular flexibility index (Phi) is 11.0. The van der Waals surface area contributed by atoms with Crippen LogP contribution in [0.15, 0.2) is 174 Å². The minimum absolute atomic E-state index is 0.715. The van der Waals surface area contributed by atoms with E-state index in [1.54, 1.807) is 0 Å². The zero-order valence-electron chi connectivity index (χ0n) is 28.8. The molecule has 51 heavy (non-hydrogen) atoms. The predicted molar refractivity (Wildman–Crippen MR) is 213 cm³/mol. The molecule has 0 bridgehead atoms. The normalized spacial score (nSPS) is 10.4. The lowest BCUT2D eigenvalue weighted by atomic mass is 10.0. The van der Waals surface area contributed by atoms with E-state index >= 15 is 0 Å². The number of hydrogen-bond acceptors (Lipinski definition) is 4. The zero-order chi connectivity index (χ0) is 35.6. The zero-order valence-corrected chi connectivity index (χ0v) is 28.8. The number of benzene rings is 7. The summed E-state index contributed by atoms with van der Waals surface area (Å²) in [6, 6.07) is 60.4. The number of para-hydroxylation sites is 4. The first-order chi connectivity index (χ1) is 25.1. The molecule has 9 rings (SSSR count). The maximum atomic E-state index is 8.67. The lowest BCUT2D eigenvalue weighted by molar-refractivity contribution is 0.666. The van der Waals surface area contributed by atoms with Crippen molar-refractivity contribution in [1.29, 1.82) is 5.26 Å². The quantitative estimate of drug-likeness (QED) is 0.145. The number of aromatic nitrogens is 1. The van der Waals surface area contributed by atoms with Gasteiger partial charge in [-0.2, -0.15) is 5.26 Å². The van der Waals surface area contributed by atoms with Gasteiger partial charge < -0.3 is 8.98 Å². The lowest BCUT2D eigenvalue weighted by Gasteiger charge is -2.07. The van der Waals surface area contributed by atoms with Gasteiger partial charge >= 0.3 is 0 Å². The topological polar surface area (TPSA) is 93.9 Å². The average molecular weight is 665 g/mol. The van der Waals surface area contributed by atoms with Crippen molar-refractivity contribution < 1.29 is 4.42 Å². The second-order valence-electron chi connectivity index (χ2n) is 12.2. The highest BCUT2D eigenvalue weighted by Gasteiger charge is 2.11. The molecular formula is C46H40N4O. The van der Waals surface area contributed by atoms with Crippen LogP contribution in [0, 0.1) is 25.2 Å². The van der Waals surface area contributed by atoms with Gasteiger partial charge in [0.05, 0.1) is 22.7 Å². The number of rotatable bonds is 3. The Labute approximate surface area is 298 Å². The van der Waals surface area contributed by atoms with Gasteiger partial charge in [-0.1, -0.05) is 127 Å². The molecular weight excluding hydrogens is 625 g/mol. The molecule has 0 amide bonds. The van der Waals surface area contributed by atoms with E-state index < -0.39 is 0 Å². The largest absolute Gasteiger partial charge is 0.456 e. The molecule has 5 nitrogen and oxygen atoms in total. The van der Waals surface area contributed by atoms with Crippen molar-refractivity contribution >= 4 is 43.7 Å². The molecule has 0 unspecified atom stereocenters. The van der Waals surface area contributed by atoms with Crippen LogP contribution < -0.4 is 11.7 Å². The Bertz CT molecular complexity index is 2540. The number of hydrogen-bond donors (Lipinski definition) is 2. The molecule has 0 saturated heterocycles. The van der Waals surface area contributed by atoms with Crippen LogP contribution in [-0.4, -0.2) is 4.57 Å². The summed E-state index contributed by atoms with van der Waals surface area (Å²) < 4.78 is 8.12. The molecule has 0 aliphatic heterocycles. The molecule has 2 aromatic heterocycles. The third kappa shape index (κ3) is 7.74. The lowest BCUT2D eigenvalue weighted by Crippen LogP contribution is -2.02. The summed E-state index contributed by atoms with van der Waals surface area (Å²) in [7, 11) is 0. The van der Waals surface area contributed by atoms with Crippen LogP contribution in [0.1, 0.15) is 27.8 Å². The molecule has 0 aliphatic rings. The van der Waals surface area contributed by atoms with Gasteiger partial charge in [0.2, 0.25) is 0 Å². The number of fused-ring (bicyclic) bond motifs is 6. The standard InChI is InChI=1S/C19H15N.C14H11N.C13H10O.H4N2/c1-14-11-12-19-17(13-14)16-9-5-6-10-18(16)20(19)15-7-3-2-4-8-15;15-11-14-8-6-13(7-9-14)10-12-4-2-1-3-5-12;1-9-5-4-7-11-10-6-2-3-8-12(10)14-13(9)11;1-2/h2-13H,1H3;1-9H,10H2;2-8H,1H3;1-2H2. The van der Waals surface area contributed by atoms with E-state index in [1.165, 1.54) is 60.5 Å². The van der Waals surface area contributed by atoms with Gasteiger partial charge in [-0.3, -0.25) is 11.7 Å². The van der Waals surface area contributed by atoms with Gasteiger partial charge in [0.15, 0.2) is 0 Å². The van der Waals surface area contributed by atoms with Gasteiger partial charge in [0.1, 0.15) is 11.2 Å². The van der Waals surface area contributed by atoms with Gasteiger partial charge in [-0.25, -0.2) is 0 Å². The van der Waals surface area contributed by atoms with E-state index in [2.05, 4.69) is 145 Å². The summed E-state index contributed by atoms with van der Waals surface area (Å²) in [5.41, 5.74) is 11.5. The third-order valence-corrected chi connectivity index (χ3v) is 8.78. The number of nitrogens with zero attached hydrogens (tertiary/aromatic N) is 2. The fourth-order valence-corrected chi connectivity index (χ4v) is 6.36. The molecule has 0 saturated carbocycles. The molecule has 7 aromatic carbocycles. The molecule has 0 radical (unpaired) electrons. The Hall–Kier alpha value is -6.45. The Morgan fingerprint density at radius 2 is 1.14 bits per heavy atom. The summed E-state index contributed by atoms with van der Waals surface area (Å²) in [6.07, 6.45) is 0.923. The van der Waals surface area contributed by atoms with Crippen molar-refractivity contribution in [3.63, 3.8) is 0 Å². The van der Waals surface area contributed by atoms with Crippen LogP contribution in [0.3, 0.4) is 0 Å². The second kappa shape index (κ2) is 16.3. The van der Waals surface area contributed by atoms with Gasteiger partial charge in [0.25, 0.3) is 0 Å². The highest BCUT2D eigenvalue weighted by Crippen LogP contribution is 2.32. The first-order valence-electron chi connectivity index (χ1n) is 16.9. The average Bonchev–Trinajstić information content (AvgIpc) is 3.74. The molecule has 4 N–H and O–H groups in total. The maximum Gasteiger partial charge on any atom is 0.138 e. The molecule has 0 fully saturated rings.